The van der Waals surface area contributed by atoms with Crippen LogP contribution in [0.1, 0.15) is 31.7 Å². The van der Waals surface area contributed by atoms with Gasteiger partial charge >= 0.3 is 0 Å². The minimum absolute atomic E-state index is 0.281. The molecule has 80 valence electrons. The van der Waals surface area contributed by atoms with E-state index in [4.69, 9.17) is 0 Å². The van der Waals surface area contributed by atoms with E-state index in [1.165, 1.54) is 12.0 Å². The van der Waals surface area contributed by atoms with Crippen LogP contribution < -0.4 is 0 Å². The normalized spacial score (nSPS) is 26.6. The molecule has 1 aromatic carbocycles. The molecular weight excluding hydrogens is 184 g/mol. The number of hydrogen-bond acceptors (Lipinski definition) is 1. The summed E-state index contributed by atoms with van der Waals surface area (Å²) < 4.78 is 0. The van der Waals surface area contributed by atoms with Gasteiger partial charge in [0, 0.05) is 12.3 Å². The predicted octanol–water partition coefficient (Wildman–Crippen LogP) is 3.23. The molecule has 0 unspecified atom stereocenters. The van der Waals surface area contributed by atoms with Gasteiger partial charge in [-0.2, -0.15) is 0 Å². The van der Waals surface area contributed by atoms with Gasteiger partial charge in [0.05, 0.1) is 0 Å². The number of rotatable bonds is 2. The lowest BCUT2D eigenvalue weighted by Crippen LogP contribution is -2.25. The Balaban J connectivity index is 1.98. The highest BCUT2D eigenvalue weighted by molar-refractivity contribution is 5.82. The fraction of sp³-hybridized carbons (Fsp3) is 0.500. The van der Waals surface area contributed by atoms with E-state index in [0.717, 1.165) is 19.3 Å². The van der Waals surface area contributed by atoms with Crippen LogP contribution in [0.4, 0.5) is 0 Å². The third kappa shape index (κ3) is 2.68. The van der Waals surface area contributed by atoms with Gasteiger partial charge < -0.3 is 0 Å². The van der Waals surface area contributed by atoms with Gasteiger partial charge in [-0.05, 0) is 30.7 Å². The highest BCUT2D eigenvalue weighted by Crippen LogP contribution is 2.27. The SMILES string of the molecule is C[C@@H]1CC[C@H](Cc2ccccc2)C(=O)C1. The van der Waals surface area contributed by atoms with Crippen molar-refractivity contribution in [1.82, 2.24) is 0 Å². The number of carbonyl (C=O) groups is 1. The average molecular weight is 202 g/mol. The molecule has 1 aliphatic rings. The van der Waals surface area contributed by atoms with Gasteiger partial charge in [0.1, 0.15) is 5.78 Å². The Morgan fingerprint density at radius 2 is 1.93 bits per heavy atom. The van der Waals surface area contributed by atoms with Crippen LogP contribution >= 0.6 is 0 Å². The first-order valence-electron chi connectivity index (χ1n) is 5.82. The van der Waals surface area contributed by atoms with Gasteiger partial charge in [0.25, 0.3) is 0 Å². The molecule has 2 atom stereocenters. The number of ketones is 1. The van der Waals surface area contributed by atoms with Gasteiger partial charge in [-0.15, -0.1) is 0 Å². The third-order valence-electron chi connectivity index (χ3n) is 3.34. The molecule has 1 nitrogen and oxygen atoms in total. The van der Waals surface area contributed by atoms with Gasteiger partial charge in [-0.3, -0.25) is 4.79 Å². The first kappa shape index (κ1) is 10.4. The minimum Gasteiger partial charge on any atom is -0.299 e. The summed E-state index contributed by atoms with van der Waals surface area (Å²) in [5.41, 5.74) is 1.30. The lowest BCUT2D eigenvalue weighted by molar-refractivity contribution is -0.125. The lowest BCUT2D eigenvalue weighted by atomic mass is 9.79. The quantitative estimate of drug-likeness (QED) is 0.719. The molecule has 0 N–H and O–H groups in total. The average Bonchev–Trinajstić information content (AvgIpc) is 2.24. The molecule has 1 fully saturated rings. The van der Waals surface area contributed by atoms with Crippen LogP contribution in [-0.4, -0.2) is 5.78 Å². The zero-order valence-electron chi connectivity index (χ0n) is 9.28. The standard InChI is InChI=1S/C14H18O/c1-11-7-8-13(14(15)9-11)10-12-5-3-2-4-6-12/h2-6,11,13H,7-10H2,1H3/t11-,13-/m1/s1. The zero-order valence-corrected chi connectivity index (χ0v) is 9.28. The summed E-state index contributed by atoms with van der Waals surface area (Å²) in [7, 11) is 0. The van der Waals surface area contributed by atoms with Gasteiger partial charge in [-0.25, -0.2) is 0 Å². The van der Waals surface area contributed by atoms with Crippen LogP contribution in [0.3, 0.4) is 0 Å². The minimum atomic E-state index is 0.281. The molecule has 0 aromatic heterocycles. The largest absolute Gasteiger partial charge is 0.299 e. The van der Waals surface area contributed by atoms with E-state index in [1.54, 1.807) is 0 Å². The zero-order chi connectivity index (χ0) is 10.7. The summed E-state index contributed by atoms with van der Waals surface area (Å²) in [6.07, 6.45) is 4.02. The Kier molecular flexibility index (Phi) is 3.20. The molecule has 0 bridgehead atoms. The summed E-state index contributed by atoms with van der Waals surface area (Å²) in [5.74, 6) is 1.35. The van der Waals surface area contributed by atoms with E-state index in [1.807, 2.05) is 18.2 Å². The van der Waals surface area contributed by atoms with Gasteiger partial charge in [-0.1, -0.05) is 37.3 Å². The third-order valence-corrected chi connectivity index (χ3v) is 3.34. The Morgan fingerprint density at radius 3 is 2.60 bits per heavy atom. The van der Waals surface area contributed by atoms with Gasteiger partial charge in [0.2, 0.25) is 0 Å². The Morgan fingerprint density at radius 1 is 1.20 bits per heavy atom. The molecule has 1 saturated carbocycles. The second-order valence-electron chi connectivity index (χ2n) is 4.74. The first-order chi connectivity index (χ1) is 7.25. The molecule has 0 heterocycles. The van der Waals surface area contributed by atoms with Crippen molar-refractivity contribution in [3.63, 3.8) is 0 Å². The van der Waals surface area contributed by atoms with E-state index in [0.29, 0.717) is 11.7 Å². The number of hydrogen-bond donors (Lipinski definition) is 0. The van der Waals surface area contributed by atoms with Crippen molar-refractivity contribution >= 4 is 5.78 Å². The maximum absolute atomic E-state index is 11.8. The summed E-state index contributed by atoms with van der Waals surface area (Å²) in [6, 6.07) is 10.3. The van der Waals surface area contributed by atoms with Crippen molar-refractivity contribution in [3.8, 4) is 0 Å². The molecular formula is C14H18O. The predicted molar refractivity (Wildman–Crippen MR) is 61.7 cm³/mol. The highest BCUT2D eigenvalue weighted by Gasteiger charge is 2.25. The summed E-state index contributed by atoms with van der Waals surface area (Å²) >= 11 is 0. The lowest BCUT2D eigenvalue weighted by Gasteiger charge is -2.24. The van der Waals surface area contributed by atoms with Gasteiger partial charge in [0.15, 0.2) is 0 Å². The molecule has 0 radical (unpaired) electrons. The monoisotopic (exact) mass is 202 g/mol. The molecule has 0 amide bonds. The maximum Gasteiger partial charge on any atom is 0.136 e. The fourth-order valence-electron chi connectivity index (χ4n) is 2.37. The smallest absolute Gasteiger partial charge is 0.136 e. The fourth-order valence-corrected chi connectivity index (χ4v) is 2.37. The molecule has 0 aliphatic heterocycles. The summed E-state index contributed by atoms with van der Waals surface area (Å²) in [4.78, 5) is 11.8. The second kappa shape index (κ2) is 4.61. The molecule has 0 saturated heterocycles. The highest BCUT2D eigenvalue weighted by atomic mass is 16.1. The van der Waals surface area contributed by atoms with Crippen molar-refractivity contribution in [2.45, 2.75) is 32.6 Å². The second-order valence-corrected chi connectivity index (χ2v) is 4.74. The van der Waals surface area contributed by atoms with Crippen LogP contribution in [0.5, 0.6) is 0 Å². The summed E-state index contributed by atoms with van der Waals surface area (Å²) in [5, 5.41) is 0. The first-order valence-corrected chi connectivity index (χ1v) is 5.82. The van der Waals surface area contributed by atoms with E-state index >= 15 is 0 Å². The Hall–Kier alpha value is -1.11. The van der Waals surface area contributed by atoms with Crippen molar-refractivity contribution in [1.29, 1.82) is 0 Å². The topological polar surface area (TPSA) is 17.1 Å². The van der Waals surface area contributed by atoms with E-state index in [2.05, 4.69) is 19.1 Å². The van der Waals surface area contributed by atoms with E-state index in [9.17, 15) is 4.79 Å². The molecule has 15 heavy (non-hydrogen) atoms. The van der Waals surface area contributed by atoms with Crippen molar-refractivity contribution in [2.24, 2.45) is 11.8 Å². The van der Waals surface area contributed by atoms with Crippen LogP contribution in [0.15, 0.2) is 30.3 Å². The van der Waals surface area contributed by atoms with Crippen LogP contribution in [-0.2, 0) is 11.2 Å². The number of carbonyl (C=O) groups excluding carboxylic acids is 1. The van der Waals surface area contributed by atoms with Crippen LogP contribution in [0.2, 0.25) is 0 Å². The van der Waals surface area contributed by atoms with Crippen LogP contribution in [0.25, 0.3) is 0 Å². The van der Waals surface area contributed by atoms with Crippen molar-refractivity contribution < 1.29 is 4.79 Å². The molecule has 2 rings (SSSR count). The molecule has 1 heteroatoms. The summed E-state index contributed by atoms with van der Waals surface area (Å²) in [6.45, 7) is 2.18. The maximum atomic E-state index is 11.8. The van der Waals surface area contributed by atoms with Crippen molar-refractivity contribution in [2.75, 3.05) is 0 Å². The van der Waals surface area contributed by atoms with E-state index in [-0.39, 0.29) is 5.92 Å². The number of Topliss-reactive ketones (excluding diaryl/α,β-unsaturated/α-hetero) is 1. The number of benzene rings is 1. The Labute approximate surface area is 91.5 Å². The van der Waals surface area contributed by atoms with Crippen molar-refractivity contribution in [3.05, 3.63) is 35.9 Å². The molecule has 0 spiro atoms. The van der Waals surface area contributed by atoms with E-state index < -0.39 is 0 Å². The molecule has 1 aliphatic carbocycles. The van der Waals surface area contributed by atoms with Crippen LogP contribution in [0, 0.1) is 11.8 Å². The Bertz CT molecular complexity index is 328. The molecule has 1 aromatic rings.